The molecule has 3 rings (SSSR count). The molecule has 0 saturated carbocycles. The van der Waals surface area contributed by atoms with E-state index in [0.717, 1.165) is 4.31 Å². The molecule has 0 aliphatic rings. The molecule has 1 atom stereocenters. The first-order valence-electron chi connectivity index (χ1n) is 12.0. The molecule has 0 aliphatic heterocycles. The van der Waals surface area contributed by atoms with Crippen LogP contribution in [0.3, 0.4) is 0 Å². The van der Waals surface area contributed by atoms with Crippen molar-refractivity contribution >= 4 is 73.9 Å². The van der Waals surface area contributed by atoms with Gasteiger partial charge in [-0.1, -0.05) is 77.6 Å². The number of nitrogens with one attached hydrogen (secondary N) is 1. The molecule has 0 heterocycles. The van der Waals surface area contributed by atoms with E-state index in [1.165, 1.54) is 35.2 Å². The van der Waals surface area contributed by atoms with Crippen molar-refractivity contribution in [1.29, 1.82) is 0 Å². The van der Waals surface area contributed by atoms with Crippen LogP contribution in [0.15, 0.2) is 71.6 Å². The number of amides is 2. The zero-order valence-corrected chi connectivity index (χ0v) is 25.0. The standard InChI is InChI=1S/C27H27Cl4N3O4S/c1-3-14-32-27(36)18(2)33(16-21-22(29)10-7-11-23(21)30)26(35)17-34(25-13-12-19(28)15-24(25)31)39(37,38)20-8-5-4-6-9-20/h4-13,15,18H,3,14,16-17H2,1-2H3,(H,32,36)/t18-/m1/s1. The molecule has 0 fully saturated rings. The van der Waals surface area contributed by atoms with Gasteiger partial charge in [-0.2, -0.15) is 0 Å². The average Bonchev–Trinajstić information content (AvgIpc) is 2.90. The number of benzene rings is 3. The van der Waals surface area contributed by atoms with Crippen LogP contribution in [0.2, 0.25) is 20.1 Å². The van der Waals surface area contributed by atoms with Gasteiger partial charge in [-0.25, -0.2) is 8.42 Å². The molecule has 208 valence electrons. The second-order valence-corrected chi connectivity index (χ2v) is 12.1. The first-order valence-corrected chi connectivity index (χ1v) is 15.0. The van der Waals surface area contributed by atoms with Gasteiger partial charge in [0.05, 0.1) is 15.6 Å². The van der Waals surface area contributed by atoms with Crippen molar-refractivity contribution in [3.05, 3.63) is 92.4 Å². The highest BCUT2D eigenvalue weighted by Gasteiger charge is 2.33. The van der Waals surface area contributed by atoms with Gasteiger partial charge in [0, 0.05) is 33.7 Å². The van der Waals surface area contributed by atoms with E-state index in [1.54, 1.807) is 43.3 Å². The summed E-state index contributed by atoms with van der Waals surface area (Å²) < 4.78 is 28.5. The monoisotopic (exact) mass is 629 g/mol. The quantitative estimate of drug-likeness (QED) is 0.264. The van der Waals surface area contributed by atoms with Crippen molar-refractivity contribution in [2.75, 3.05) is 17.4 Å². The molecule has 0 radical (unpaired) electrons. The third kappa shape index (κ3) is 7.58. The van der Waals surface area contributed by atoms with Crippen LogP contribution in [-0.2, 0) is 26.2 Å². The number of sulfonamides is 1. The van der Waals surface area contributed by atoms with Gasteiger partial charge in [-0.15, -0.1) is 0 Å². The molecule has 0 bridgehead atoms. The lowest BCUT2D eigenvalue weighted by atomic mass is 10.1. The second kappa shape index (κ2) is 13.7. The topological polar surface area (TPSA) is 86.8 Å². The van der Waals surface area contributed by atoms with Gasteiger partial charge in [-0.3, -0.25) is 13.9 Å². The molecule has 3 aromatic rings. The number of hydrogen-bond acceptors (Lipinski definition) is 4. The minimum atomic E-state index is -4.26. The van der Waals surface area contributed by atoms with Crippen molar-refractivity contribution in [2.24, 2.45) is 0 Å². The molecule has 0 spiro atoms. The summed E-state index contributed by atoms with van der Waals surface area (Å²) in [5, 5.41) is 3.70. The third-order valence-corrected chi connectivity index (χ3v) is 8.92. The van der Waals surface area contributed by atoms with Crippen LogP contribution in [0.25, 0.3) is 0 Å². The number of rotatable bonds is 11. The molecular weight excluding hydrogens is 604 g/mol. The lowest BCUT2D eigenvalue weighted by Gasteiger charge is -2.32. The van der Waals surface area contributed by atoms with E-state index < -0.39 is 34.4 Å². The van der Waals surface area contributed by atoms with Crippen molar-refractivity contribution in [3.63, 3.8) is 0 Å². The predicted octanol–water partition coefficient (Wildman–Crippen LogP) is 6.44. The third-order valence-electron chi connectivity index (χ3n) is 5.90. The highest BCUT2D eigenvalue weighted by atomic mass is 35.5. The fraction of sp³-hybridized carbons (Fsp3) is 0.259. The van der Waals surface area contributed by atoms with E-state index >= 15 is 0 Å². The van der Waals surface area contributed by atoms with Crippen molar-refractivity contribution in [3.8, 4) is 0 Å². The fourth-order valence-corrected chi connectivity index (χ4v) is 6.28. The smallest absolute Gasteiger partial charge is 0.264 e. The van der Waals surface area contributed by atoms with Crippen molar-refractivity contribution in [1.82, 2.24) is 10.2 Å². The second-order valence-electron chi connectivity index (χ2n) is 8.61. The Bertz CT molecular complexity index is 1420. The Kier molecular flexibility index (Phi) is 10.9. The molecule has 7 nitrogen and oxygen atoms in total. The molecule has 12 heteroatoms. The van der Waals surface area contributed by atoms with Crippen LogP contribution >= 0.6 is 46.4 Å². The molecule has 0 saturated heterocycles. The Labute approximate surface area is 248 Å². The summed E-state index contributed by atoms with van der Waals surface area (Å²) in [6.45, 7) is 3.07. The van der Waals surface area contributed by atoms with E-state index in [2.05, 4.69) is 5.32 Å². The van der Waals surface area contributed by atoms with E-state index in [1.807, 2.05) is 6.92 Å². The molecule has 2 amide bonds. The SMILES string of the molecule is CCCNC(=O)[C@@H](C)N(Cc1c(Cl)cccc1Cl)C(=O)CN(c1ccc(Cl)cc1Cl)S(=O)(=O)c1ccccc1. The number of anilines is 1. The molecule has 1 N–H and O–H groups in total. The van der Waals surface area contributed by atoms with Crippen LogP contribution in [0, 0.1) is 0 Å². The Morgan fingerprint density at radius 2 is 1.54 bits per heavy atom. The number of carbonyl (C=O) groups excluding carboxylic acids is 2. The Morgan fingerprint density at radius 1 is 0.897 bits per heavy atom. The highest BCUT2D eigenvalue weighted by molar-refractivity contribution is 7.92. The molecule has 0 aromatic heterocycles. The maximum atomic E-state index is 13.9. The van der Waals surface area contributed by atoms with Gasteiger partial charge in [0.1, 0.15) is 12.6 Å². The first kappa shape index (κ1) is 31.0. The summed E-state index contributed by atoms with van der Waals surface area (Å²) in [5.74, 6) is -1.08. The molecule has 39 heavy (non-hydrogen) atoms. The normalized spacial score (nSPS) is 12.1. The Balaban J connectivity index is 2.08. The Hall–Kier alpha value is -2.49. The van der Waals surface area contributed by atoms with Gasteiger partial charge in [0.15, 0.2) is 0 Å². The highest BCUT2D eigenvalue weighted by Crippen LogP contribution is 2.33. The predicted molar refractivity (Wildman–Crippen MR) is 157 cm³/mol. The number of hydrogen-bond donors (Lipinski definition) is 1. The Morgan fingerprint density at radius 3 is 2.13 bits per heavy atom. The summed E-state index contributed by atoms with van der Waals surface area (Å²) in [4.78, 5) is 28.1. The molecule has 0 unspecified atom stereocenters. The van der Waals surface area contributed by atoms with Crippen LogP contribution in [0.1, 0.15) is 25.8 Å². The van der Waals surface area contributed by atoms with E-state index in [-0.39, 0.29) is 22.2 Å². The van der Waals surface area contributed by atoms with E-state index in [9.17, 15) is 18.0 Å². The van der Waals surface area contributed by atoms with E-state index in [4.69, 9.17) is 46.4 Å². The molecule has 0 aliphatic carbocycles. The van der Waals surface area contributed by atoms with Gasteiger partial charge >= 0.3 is 0 Å². The van der Waals surface area contributed by atoms with Gasteiger partial charge in [0.25, 0.3) is 10.0 Å². The van der Waals surface area contributed by atoms with Crippen LogP contribution in [-0.4, -0.2) is 44.3 Å². The zero-order valence-electron chi connectivity index (χ0n) is 21.2. The summed E-state index contributed by atoms with van der Waals surface area (Å²) in [6.07, 6.45) is 0.695. The lowest BCUT2D eigenvalue weighted by molar-refractivity contribution is -0.139. The average molecular weight is 631 g/mol. The largest absolute Gasteiger partial charge is 0.354 e. The summed E-state index contributed by atoms with van der Waals surface area (Å²) >= 11 is 25.2. The minimum Gasteiger partial charge on any atom is -0.354 e. The first-order chi connectivity index (χ1) is 18.5. The maximum absolute atomic E-state index is 13.9. The van der Waals surface area contributed by atoms with Crippen LogP contribution < -0.4 is 9.62 Å². The van der Waals surface area contributed by atoms with Crippen molar-refractivity contribution in [2.45, 2.75) is 37.8 Å². The lowest BCUT2D eigenvalue weighted by Crippen LogP contribution is -2.51. The fourth-order valence-electron chi connectivity index (χ4n) is 3.75. The summed E-state index contributed by atoms with van der Waals surface area (Å²) in [5.41, 5.74) is 0.475. The number of nitrogens with zero attached hydrogens (tertiary/aromatic N) is 2. The van der Waals surface area contributed by atoms with Gasteiger partial charge < -0.3 is 10.2 Å². The summed E-state index contributed by atoms with van der Waals surface area (Å²) in [6, 6.07) is 15.9. The minimum absolute atomic E-state index is 0.0317. The number of carbonyl (C=O) groups is 2. The summed E-state index contributed by atoms with van der Waals surface area (Å²) in [7, 11) is -4.26. The van der Waals surface area contributed by atoms with Crippen LogP contribution in [0.4, 0.5) is 5.69 Å². The number of halogens is 4. The maximum Gasteiger partial charge on any atom is 0.264 e. The molecular formula is C27H27Cl4N3O4S. The van der Waals surface area contributed by atoms with Crippen LogP contribution in [0.5, 0.6) is 0 Å². The zero-order chi connectivity index (χ0) is 28.7. The van der Waals surface area contributed by atoms with Gasteiger partial charge in [-0.05, 0) is 55.8 Å². The van der Waals surface area contributed by atoms with Crippen molar-refractivity contribution < 1.29 is 18.0 Å². The molecule has 3 aromatic carbocycles. The van der Waals surface area contributed by atoms with E-state index in [0.29, 0.717) is 33.6 Å². The van der Waals surface area contributed by atoms with Gasteiger partial charge in [0.2, 0.25) is 11.8 Å².